The highest BCUT2D eigenvalue weighted by molar-refractivity contribution is 7.99. The van der Waals surface area contributed by atoms with Gasteiger partial charge in [-0.3, -0.25) is 4.79 Å². The van der Waals surface area contributed by atoms with Crippen LogP contribution in [-0.2, 0) is 16.8 Å². The molecule has 0 spiro atoms. The van der Waals surface area contributed by atoms with Gasteiger partial charge in [-0.25, -0.2) is 5.43 Å². The standard InChI is InChI=1S/C24H29N5O2S/c1-6-29-22(17-11-13-18(14-12-17)24(3,4)5)27-28-23(29)32-15-21(31)26-25-16(2)19-9-7-8-10-20(19)30/h7-14,30H,6,15H2,1-5H3,(H,26,31)/b25-16+. The van der Waals surface area contributed by atoms with Gasteiger partial charge in [-0.05, 0) is 37.0 Å². The van der Waals surface area contributed by atoms with Crippen molar-refractivity contribution in [3.63, 3.8) is 0 Å². The van der Waals surface area contributed by atoms with E-state index in [1.165, 1.54) is 17.3 Å². The zero-order valence-corrected chi connectivity index (χ0v) is 19.9. The van der Waals surface area contributed by atoms with Crippen LogP contribution in [-0.4, -0.2) is 37.2 Å². The van der Waals surface area contributed by atoms with E-state index in [4.69, 9.17) is 0 Å². The third-order valence-corrected chi connectivity index (χ3v) is 5.98. The van der Waals surface area contributed by atoms with Gasteiger partial charge in [0, 0.05) is 17.7 Å². The summed E-state index contributed by atoms with van der Waals surface area (Å²) in [5.74, 6) is 0.797. The van der Waals surface area contributed by atoms with Crippen LogP contribution >= 0.6 is 11.8 Å². The lowest BCUT2D eigenvalue weighted by Gasteiger charge is -2.19. The van der Waals surface area contributed by atoms with E-state index in [2.05, 4.69) is 65.8 Å². The number of carbonyl (C=O) groups excluding carboxylic acids is 1. The van der Waals surface area contributed by atoms with Gasteiger partial charge in [-0.2, -0.15) is 5.10 Å². The molecular formula is C24H29N5O2S. The first-order valence-corrected chi connectivity index (χ1v) is 11.5. The first kappa shape index (κ1) is 23.5. The number of phenols is 1. The molecule has 1 heterocycles. The van der Waals surface area contributed by atoms with Crippen LogP contribution in [0.4, 0.5) is 0 Å². The largest absolute Gasteiger partial charge is 0.507 e. The fraction of sp³-hybridized carbons (Fsp3) is 0.333. The quantitative estimate of drug-likeness (QED) is 0.311. The molecule has 2 N–H and O–H groups in total. The van der Waals surface area contributed by atoms with Gasteiger partial charge in [-0.15, -0.1) is 10.2 Å². The normalized spacial score (nSPS) is 12.1. The first-order chi connectivity index (χ1) is 15.2. The fourth-order valence-electron chi connectivity index (χ4n) is 3.16. The molecule has 8 heteroatoms. The molecule has 0 radical (unpaired) electrons. The first-order valence-electron chi connectivity index (χ1n) is 10.5. The summed E-state index contributed by atoms with van der Waals surface area (Å²) in [5.41, 5.74) is 5.98. The molecule has 1 amide bonds. The number of benzene rings is 2. The van der Waals surface area contributed by atoms with E-state index in [1.54, 1.807) is 31.2 Å². The van der Waals surface area contributed by atoms with Crippen LogP contribution in [0.1, 0.15) is 45.7 Å². The molecule has 0 unspecified atom stereocenters. The maximum Gasteiger partial charge on any atom is 0.250 e. The van der Waals surface area contributed by atoms with Crippen LogP contribution in [0.15, 0.2) is 58.8 Å². The van der Waals surface area contributed by atoms with Crippen LogP contribution in [0.5, 0.6) is 5.75 Å². The van der Waals surface area contributed by atoms with Gasteiger partial charge in [-0.1, -0.05) is 68.9 Å². The number of amides is 1. The predicted octanol–water partition coefficient (Wildman–Crippen LogP) is 4.60. The number of para-hydroxylation sites is 1. The summed E-state index contributed by atoms with van der Waals surface area (Å²) in [6.07, 6.45) is 0. The Balaban J connectivity index is 1.66. The number of hydrogen-bond donors (Lipinski definition) is 2. The highest BCUT2D eigenvalue weighted by Crippen LogP contribution is 2.27. The molecule has 0 saturated carbocycles. The van der Waals surface area contributed by atoms with E-state index >= 15 is 0 Å². The lowest BCUT2D eigenvalue weighted by molar-refractivity contribution is -0.118. The molecule has 7 nitrogen and oxygen atoms in total. The molecule has 168 valence electrons. The number of hydrazone groups is 1. The van der Waals surface area contributed by atoms with Crippen molar-refractivity contribution >= 4 is 23.4 Å². The van der Waals surface area contributed by atoms with Crippen LogP contribution in [0.25, 0.3) is 11.4 Å². The Morgan fingerprint density at radius 2 is 1.81 bits per heavy atom. The van der Waals surface area contributed by atoms with E-state index in [0.29, 0.717) is 23.0 Å². The highest BCUT2D eigenvalue weighted by atomic mass is 32.2. The highest BCUT2D eigenvalue weighted by Gasteiger charge is 2.17. The minimum Gasteiger partial charge on any atom is -0.507 e. The molecule has 0 saturated heterocycles. The van der Waals surface area contributed by atoms with E-state index in [1.807, 2.05) is 11.5 Å². The summed E-state index contributed by atoms with van der Waals surface area (Å²) in [4.78, 5) is 12.3. The van der Waals surface area contributed by atoms with Crippen LogP contribution in [0.2, 0.25) is 0 Å². The average molecular weight is 452 g/mol. The third-order valence-electron chi connectivity index (χ3n) is 5.02. The van der Waals surface area contributed by atoms with Gasteiger partial charge in [0.05, 0.1) is 11.5 Å². The molecule has 2 aromatic carbocycles. The Bertz CT molecular complexity index is 1110. The van der Waals surface area contributed by atoms with E-state index < -0.39 is 0 Å². The summed E-state index contributed by atoms with van der Waals surface area (Å²) in [5, 5.41) is 23.3. The predicted molar refractivity (Wildman–Crippen MR) is 129 cm³/mol. The van der Waals surface area contributed by atoms with Crippen LogP contribution in [0.3, 0.4) is 0 Å². The minimum absolute atomic E-state index is 0.0887. The van der Waals surface area contributed by atoms with Crippen molar-refractivity contribution in [2.45, 2.75) is 51.7 Å². The number of aromatic hydroxyl groups is 1. The monoisotopic (exact) mass is 451 g/mol. The molecule has 3 rings (SSSR count). The van der Waals surface area contributed by atoms with Gasteiger partial charge in [0.1, 0.15) is 5.75 Å². The summed E-state index contributed by atoms with van der Waals surface area (Å²) in [6, 6.07) is 15.2. The number of rotatable bonds is 7. The number of phenolic OH excluding ortho intramolecular Hbond substituents is 1. The van der Waals surface area contributed by atoms with Gasteiger partial charge in [0.2, 0.25) is 0 Å². The Morgan fingerprint density at radius 3 is 2.44 bits per heavy atom. The number of hydrogen-bond acceptors (Lipinski definition) is 6. The summed E-state index contributed by atoms with van der Waals surface area (Å²) in [6.45, 7) is 11.0. The molecule has 1 aromatic heterocycles. The van der Waals surface area contributed by atoms with Crippen molar-refractivity contribution in [3.05, 3.63) is 59.7 Å². The maximum absolute atomic E-state index is 12.3. The molecule has 0 aliphatic rings. The van der Waals surface area contributed by atoms with Crippen molar-refractivity contribution in [2.24, 2.45) is 5.10 Å². The van der Waals surface area contributed by atoms with Gasteiger partial charge < -0.3 is 9.67 Å². The van der Waals surface area contributed by atoms with E-state index in [-0.39, 0.29) is 22.8 Å². The molecule has 0 aliphatic heterocycles. The summed E-state index contributed by atoms with van der Waals surface area (Å²) < 4.78 is 2.00. The fourth-order valence-corrected chi connectivity index (χ4v) is 3.96. The maximum atomic E-state index is 12.3. The van der Waals surface area contributed by atoms with Crippen LogP contribution in [0, 0.1) is 0 Å². The van der Waals surface area contributed by atoms with Crippen molar-refractivity contribution < 1.29 is 9.90 Å². The third kappa shape index (κ3) is 5.56. The second kappa shape index (κ2) is 9.99. The Labute approximate surface area is 193 Å². The van der Waals surface area contributed by atoms with E-state index in [0.717, 1.165) is 11.4 Å². The molecule has 3 aromatic rings. The lowest BCUT2D eigenvalue weighted by atomic mass is 9.87. The average Bonchev–Trinajstić information content (AvgIpc) is 3.18. The Morgan fingerprint density at radius 1 is 1.12 bits per heavy atom. The Hall–Kier alpha value is -3.13. The molecule has 0 aliphatic carbocycles. The zero-order valence-electron chi connectivity index (χ0n) is 19.1. The van der Waals surface area contributed by atoms with Gasteiger partial charge in [0.25, 0.3) is 5.91 Å². The van der Waals surface area contributed by atoms with Crippen molar-refractivity contribution in [2.75, 3.05) is 5.75 Å². The van der Waals surface area contributed by atoms with Crippen LogP contribution < -0.4 is 5.43 Å². The second-order valence-electron chi connectivity index (χ2n) is 8.42. The van der Waals surface area contributed by atoms with Crippen molar-refractivity contribution in [3.8, 4) is 17.1 Å². The lowest BCUT2D eigenvalue weighted by Crippen LogP contribution is -2.21. The number of aromatic nitrogens is 3. The molecule has 32 heavy (non-hydrogen) atoms. The number of nitrogens with zero attached hydrogens (tertiary/aromatic N) is 4. The SMILES string of the molecule is CCn1c(SCC(=O)N/N=C(\C)c2ccccc2O)nnc1-c1ccc(C(C)(C)C)cc1. The topological polar surface area (TPSA) is 92.4 Å². The molecule has 0 bridgehead atoms. The summed E-state index contributed by atoms with van der Waals surface area (Å²) >= 11 is 1.31. The number of carbonyl (C=O) groups is 1. The van der Waals surface area contributed by atoms with Gasteiger partial charge >= 0.3 is 0 Å². The van der Waals surface area contributed by atoms with E-state index in [9.17, 15) is 9.90 Å². The summed E-state index contributed by atoms with van der Waals surface area (Å²) in [7, 11) is 0. The van der Waals surface area contributed by atoms with Gasteiger partial charge in [0.15, 0.2) is 11.0 Å². The number of nitrogens with one attached hydrogen (secondary N) is 1. The molecular weight excluding hydrogens is 422 g/mol. The zero-order chi connectivity index (χ0) is 23.3. The Kier molecular flexibility index (Phi) is 7.35. The minimum atomic E-state index is -0.258. The van der Waals surface area contributed by atoms with Crippen molar-refractivity contribution in [1.82, 2.24) is 20.2 Å². The second-order valence-corrected chi connectivity index (χ2v) is 9.36. The number of thioether (sulfide) groups is 1. The molecule has 0 fully saturated rings. The van der Waals surface area contributed by atoms with Crippen molar-refractivity contribution in [1.29, 1.82) is 0 Å². The molecule has 0 atom stereocenters. The smallest absolute Gasteiger partial charge is 0.250 e.